The molecule has 0 saturated carbocycles. The lowest BCUT2D eigenvalue weighted by Crippen LogP contribution is -2.26. The van der Waals surface area contributed by atoms with Crippen molar-refractivity contribution >= 4 is 44.2 Å². The standard InChI is InChI=1S/C21H19BrN4OS/c22-15-6-3-5-14(11-15)21-24-16(13-28-21)12-20(27)23-10-4-9-19-25-17-7-1-2-8-18(17)26-19/h1-3,5-8,11,13H,4,9-10,12H2,(H,23,27)(H,25,26). The van der Waals surface area contributed by atoms with E-state index in [0.29, 0.717) is 13.0 Å². The maximum Gasteiger partial charge on any atom is 0.226 e. The molecule has 2 aromatic carbocycles. The van der Waals surface area contributed by atoms with Gasteiger partial charge in [-0.15, -0.1) is 11.3 Å². The zero-order valence-corrected chi connectivity index (χ0v) is 17.5. The number of hydrogen-bond donors (Lipinski definition) is 2. The van der Waals surface area contributed by atoms with Crippen LogP contribution in [-0.4, -0.2) is 27.4 Å². The van der Waals surface area contributed by atoms with Crippen molar-refractivity contribution in [3.8, 4) is 10.6 Å². The zero-order chi connectivity index (χ0) is 19.3. The Balaban J connectivity index is 1.24. The molecule has 7 heteroatoms. The summed E-state index contributed by atoms with van der Waals surface area (Å²) in [5, 5.41) is 5.84. The first-order chi connectivity index (χ1) is 13.7. The van der Waals surface area contributed by atoms with E-state index in [1.165, 1.54) is 0 Å². The molecule has 0 unspecified atom stereocenters. The summed E-state index contributed by atoms with van der Waals surface area (Å²) in [6, 6.07) is 16.0. The van der Waals surface area contributed by atoms with E-state index in [0.717, 1.165) is 50.4 Å². The average molecular weight is 455 g/mol. The fraction of sp³-hybridized carbons (Fsp3) is 0.190. The van der Waals surface area contributed by atoms with E-state index >= 15 is 0 Å². The summed E-state index contributed by atoms with van der Waals surface area (Å²) in [6.07, 6.45) is 1.94. The highest BCUT2D eigenvalue weighted by atomic mass is 79.9. The number of aromatic nitrogens is 3. The molecule has 2 aromatic heterocycles. The molecule has 0 atom stereocenters. The van der Waals surface area contributed by atoms with E-state index in [4.69, 9.17) is 0 Å². The molecule has 2 heterocycles. The molecule has 0 bridgehead atoms. The number of H-pyrrole nitrogens is 1. The highest BCUT2D eigenvalue weighted by Gasteiger charge is 2.09. The second-order valence-electron chi connectivity index (χ2n) is 6.49. The van der Waals surface area contributed by atoms with Crippen molar-refractivity contribution in [3.63, 3.8) is 0 Å². The summed E-state index contributed by atoms with van der Waals surface area (Å²) >= 11 is 5.03. The van der Waals surface area contributed by atoms with Gasteiger partial charge < -0.3 is 10.3 Å². The second kappa shape index (κ2) is 8.67. The Morgan fingerprint density at radius 2 is 2.04 bits per heavy atom. The third-order valence-electron chi connectivity index (χ3n) is 4.32. The van der Waals surface area contributed by atoms with Gasteiger partial charge in [0.15, 0.2) is 0 Å². The first-order valence-electron chi connectivity index (χ1n) is 9.08. The number of thiazole rings is 1. The number of aromatic amines is 1. The number of imidazole rings is 1. The quantitative estimate of drug-likeness (QED) is 0.396. The highest BCUT2D eigenvalue weighted by Crippen LogP contribution is 2.26. The number of halogens is 1. The highest BCUT2D eigenvalue weighted by molar-refractivity contribution is 9.10. The smallest absolute Gasteiger partial charge is 0.226 e. The van der Waals surface area contributed by atoms with Crippen LogP contribution in [0.25, 0.3) is 21.6 Å². The van der Waals surface area contributed by atoms with Gasteiger partial charge in [-0.2, -0.15) is 0 Å². The van der Waals surface area contributed by atoms with Crippen molar-refractivity contribution in [2.45, 2.75) is 19.3 Å². The lowest BCUT2D eigenvalue weighted by molar-refractivity contribution is -0.120. The fourth-order valence-electron chi connectivity index (χ4n) is 2.98. The number of carbonyl (C=O) groups excluding carboxylic acids is 1. The number of benzene rings is 2. The first kappa shape index (κ1) is 18.8. The van der Waals surface area contributed by atoms with Crippen LogP contribution < -0.4 is 5.32 Å². The minimum absolute atomic E-state index is 0.00398. The predicted molar refractivity (Wildman–Crippen MR) is 116 cm³/mol. The predicted octanol–water partition coefficient (Wildman–Crippen LogP) is 4.74. The van der Waals surface area contributed by atoms with Crippen LogP contribution in [0.4, 0.5) is 0 Å². The Morgan fingerprint density at radius 3 is 2.89 bits per heavy atom. The summed E-state index contributed by atoms with van der Waals surface area (Å²) < 4.78 is 1.02. The van der Waals surface area contributed by atoms with Gasteiger partial charge in [0.2, 0.25) is 5.91 Å². The van der Waals surface area contributed by atoms with Crippen molar-refractivity contribution in [1.29, 1.82) is 0 Å². The SMILES string of the molecule is O=C(Cc1csc(-c2cccc(Br)c2)n1)NCCCc1nc2ccccc2[nH]1. The molecule has 142 valence electrons. The maximum atomic E-state index is 12.2. The molecule has 28 heavy (non-hydrogen) atoms. The van der Waals surface area contributed by atoms with Crippen molar-refractivity contribution < 1.29 is 4.79 Å². The summed E-state index contributed by atoms with van der Waals surface area (Å²) in [5.74, 6) is 0.948. The number of para-hydroxylation sites is 2. The topological polar surface area (TPSA) is 70.7 Å². The number of hydrogen-bond acceptors (Lipinski definition) is 4. The fourth-order valence-corrected chi connectivity index (χ4v) is 4.19. The number of nitrogens with one attached hydrogen (secondary N) is 2. The second-order valence-corrected chi connectivity index (χ2v) is 8.26. The molecule has 5 nitrogen and oxygen atoms in total. The van der Waals surface area contributed by atoms with Gasteiger partial charge in [0.1, 0.15) is 10.8 Å². The van der Waals surface area contributed by atoms with E-state index in [-0.39, 0.29) is 5.91 Å². The van der Waals surface area contributed by atoms with Crippen molar-refractivity contribution in [2.75, 3.05) is 6.54 Å². The number of fused-ring (bicyclic) bond motifs is 1. The van der Waals surface area contributed by atoms with Crippen LogP contribution >= 0.6 is 27.3 Å². The molecule has 0 saturated heterocycles. The molecule has 4 aromatic rings. The minimum atomic E-state index is -0.00398. The Hall–Kier alpha value is -2.51. The molecule has 0 radical (unpaired) electrons. The van der Waals surface area contributed by atoms with Gasteiger partial charge in [-0.3, -0.25) is 4.79 Å². The zero-order valence-electron chi connectivity index (χ0n) is 15.1. The monoisotopic (exact) mass is 454 g/mol. The summed E-state index contributed by atoms with van der Waals surface area (Å²) in [7, 11) is 0. The molecule has 0 fully saturated rings. The van der Waals surface area contributed by atoms with Crippen LogP contribution in [0, 0.1) is 0 Å². The third kappa shape index (κ3) is 4.66. The van der Waals surface area contributed by atoms with Crippen LogP contribution in [0.1, 0.15) is 17.9 Å². The van der Waals surface area contributed by atoms with Gasteiger partial charge in [-0.05, 0) is 30.7 Å². The van der Waals surface area contributed by atoms with E-state index < -0.39 is 0 Å². The van der Waals surface area contributed by atoms with Gasteiger partial charge in [0.05, 0.1) is 23.1 Å². The maximum absolute atomic E-state index is 12.2. The third-order valence-corrected chi connectivity index (χ3v) is 5.75. The van der Waals surface area contributed by atoms with Crippen molar-refractivity contribution in [2.24, 2.45) is 0 Å². The van der Waals surface area contributed by atoms with Crippen molar-refractivity contribution in [1.82, 2.24) is 20.3 Å². The van der Waals surface area contributed by atoms with E-state index in [9.17, 15) is 4.79 Å². The molecule has 0 aliphatic heterocycles. The van der Waals surface area contributed by atoms with E-state index in [2.05, 4.69) is 36.2 Å². The van der Waals surface area contributed by atoms with Gasteiger partial charge in [0.25, 0.3) is 0 Å². The number of aryl methyl sites for hydroxylation is 1. The lowest BCUT2D eigenvalue weighted by Gasteiger charge is -2.03. The van der Waals surface area contributed by atoms with E-state index in [1.807, 2.05) is 53.9 Å². The summed E-state index contributed by atoms with van der Waals surface area (Å²) in [4.78, 5) is 24.6. The van der Waals surface area contributed by atoms with Gasteiger partial charge in [-0.1, -0.05) is 40.2 Å². The normalized spacial score (nSPS) is 11.0. The molecule has 0 aliphatic rings. The lowest BCUT2D eigenvalue weighted by atomic mass is 10.2. The average Bonchev–Trinajstić information content (AvgIpc) is 3.31. The number of carbonyl (C=O) groups is 1. The van der Waals surface area contributed by atoms with Gasteiger partial charge in [-0.25, -0.2) is 9.97 Å². The Labute approximate surface area is 175 Å². The number of rotatable bonds is 7. The molecule has 1 amide bonds. The first-order valence-corrected chi connectivity index (χ1v) is 10.8. The largest absolute Gasteiger partial charge is 0.356 e. The number of nitrogens with zero attached hydrogens (tertiary/aromatic N) is 2. The Kier molecular flexibility index (Phi) is 5.83. The van der Waals surface area contributed by atoms with Crippen LogP contribution in [0.5, 0.6) is 0 Å². The molecule has 4 rings (SSSR count). The minimum Gasteiger partial charge on any atom is -0.356 e. The summed E-state index contributed by atoms with van der Waals surface area (Å²) in [5.41, 5.74) is 3.88. The van der Waals surface area contributed by atoms with Crippen LogP contribution in [-0.2, 0) is 17.6 Å². The molecule has 0 spiro atoms. The van der Waals surface area contributed by atoms with Crippen LogP contribution in [0.15, 0.2) is 58.4 Å². The molecule has 0 aliphatic carbocycles. The Morgan fingerprint density at radius 1 is 1.14 bits per heavy atom. The van der Waals surface area contributed by atoms with Crippen LogP contribution in [0.2, 0.25) is 0 Å². The molecule has 2 N–H and O–H groups in total. The number of amides is 1. The summed E-state index contributed by atoms with van der Waals surface area (Å²) in [6.45, 7) is 0.624. The van der Waals surface area contributed by atoms with Gasteiger partial charge >= 0.3 is 0 Å². The molecular weight excluding hydrogens is 436 g/mol. The van der Waals surface area contributed by atoms with E-state index in [1.54, 1.807) is 11.3 Å². The Bertz CT molecular complexity index is 1070. The van der Waals surface area contributed by atoms with Crippen LogP contribution in [0.3, 0.4) is 0 Å². The van der Waals surface area contributed by atoms with Gasteiger partial charge in [0, 0.05) is 28.4 Å². The van der Waals surface area contributed by atoms with Crippen molar-refractivity contribution in [3.05, 3.63) is 69.9 Å². The molecular formula is C21H19BrN4OS.